The maximum atomic E-state index is 10.4. The normalized spacial score (nSPS) is 18.2. The van der Waals surface area contributed by atoms with E-state index >= 15 is 0 Å². The number of ether oxygens (including phenoxy) is 1. The van der Waals surface area contributed by atoms with Gasteiger partial charge in [-0.1, -0.05) is 18.2 Å². The number of fused-ring (bicyclic) bond motifs is 1. The molecule has 1 saturated heterocycles. The number of nitrogens with zero attached hydrogens (tertiary/aromatic N) is 1. The summed E-state index contributed by atoms with van der Waals surface area (Å²) in [4.78, 5) is 4.36. The smallest absolute Gasteiger partial charge is 0.0815 e. The summed E-state index contributed by atoms with van der Waals surface area (Å²) < 4.78 is 5.29. The highest BCUT2D eigenvalue weighted by atomic mass is 16.5. The molecule has 1 fully saturated rings. The average molecular weight is 272 g/mol. The van der Waals surface area contributed by atoms with Gasteiger partial charge in [-0.2, -0.15) is 0 Å². The first-order chi connectivity index (χ1) is 9.77. The molecule has 0 atom stereocenters. The highest BCUT2D eigenvalue weighted by Gasteiger charge is 2.29. The van der Waals surface area contributed by atoms with Gasteiger partial charge in [0.1, 0.15) is 0 Å². The molecule has 0 radical (unpaired) electrons. The van der Waals surface area contributed by atoms with Gasteiger partial charge in [-0.05, 0) is 17.7 Å². The van der Waals surface area contributed by atoms with Crippen molar-refractivity contribution in [1.82, 2.24) is 10.3 Å². The fraction of sp³-hybridized carbons (Fsp3) is 0.438. The highest BCUT2D eigenvalue weighted by Crippen LogP contribution is 2.20. The minimum Gasteiger partial charge on any atom is -0.388 e. The van der Waals surface area contributed by atoms with Crippen molar-refractivity contribution in [3.63, 3.8) is 0 Å². The summed E-state index contributed by atoms with van der Waals surface area (Å²) >= 11 is 0. The van der Waals surface area contributed by atoms with E-state index in [4.69, 9.17) is 4.74 Å². The van der Waals surface area contributed by atoms with Gasteiger partial charge in [0.15, 0.2) is 0 Å². The Balaban J connectivity index is 1.65. The van der Waals surface area contributed by atoms with Crippen molar-refractivity contribution < 1.29 is 9.84 Å². The Morgan fingerprint density at radius 2 is 2.00 bits per heavy atom. The van der Waals surface area contributed by atoms with E-state index in [9.17, 15) is 5.11 Å². The van der Waals surface area contributed by atoms with Gasteiger partial charge in [0.25, 0.3) is 0 Å². The van der Waals surface area contributed by atoms with Crippen molar-refractivity contribution in [2.24, 2.45) is 0 Å². The van der Waals surface area contributed by atoms with E-state index in [0.29, 0.717) is 32.6 Å². The fourth-order valence-electron chi connectivity index (χ4n) is 2.67. The van der Waals surface area contributed by atoms with Gasteiger partial charge in [-0.3, -0.25) is 4.98 Å². The average Bonchev–Trinajstić information content (AvgIpc) is 2.48. The largest absolute Gasteiger partial charge is 0.388 e. The molecule has 106 valence electrons. The summed E-state index contributed by atoms with van der Waals surface area (Å²) in [5.74, 6) is 0. The van der Waals surface area contributed by atoms with E-state index in [1.54, 1.807) is 0 Å². The zero-order chi connectivity index (χ0) is 13.8. The van der Waals surface area contributed by atoms with Crippen LogP contribution in [0.25, 0.3) is 10.9 Å². The first-order valence-electron chi connectivity index (χ1n) is 7.10. The molecule has 2 aromatic rings. The van der Waals surface area contributed by atoms with Crippen LogP contribution in [0.1, 0.15) is 18.4 Å². The zero-order valence-electron chi connectivity index (χ0n) is 11.5. The van der Waals surface area contributed by atoms with Crippen molar-refractivity contribution in [3.8, 4) is 0 Å². The molecule has 0 unspecified atom stereocenters. The maximum Gasteiger partial charge on any atom is 0.0815 e. The first-order valence-corrected chi connectivity index (χ1v) is 7.10. The predicted molar refractivity (Wildman–Crippen MR) is 78.5 cm³/mol. The summed E-state index contributed by atoms with van der Waals surface area (Å²) in [5, 5.41) is 14.9. The Bertz CT molecular complexity index is 574. The van der Waals surface area contributed by atoms with E-state index in [2.05, 4.69) is 16.4 Å². The van der Waals surface area contributed by atoms with E-state index in [1.165, 1.54) is 10.9 Å². The van der Waals surface area contributed by atoms with Crippen LogP contribution < -0.4 is 5.32 Å². The monoisotopic (exact) mass is 272 g/mol. The Hall–Kier alpha value is -1.49. The lowest BCUT2D eigenvalue weighted by molar-refractivity contribution is -0.0616. The molecule has 0 aliphatic carbocycles. The molecule has 0 saturated carbocycles. The van der Waals surface area contributed by atoms with Crippen LogP contribution in [0.3, 0.4) is 0 Å². The Morgan fingerprint density at radius 3 is 2.85 bits per heavy atom. The van der Waals surface area contributed by atoms with Crippen LogP contribution in [-0.4, -0.2) is 35.5 Å². The van der Waals surface area contributed by atoms with Gasteiger partial charge >= 0.3 is 0 Å². The highest BCUT2D eigenvalue weighted by molar-refractivity contribution is 5.81. The van der Waals surface area contributed by atoms with Gasteiger partial charge < -0.3 is 15.2 Å². The standard InChI is InChI=1S/C16H20N2O2/c19-16(6-9-20-10-7-16)12-17-11-13-5-8-18-15-4-2-1-3-14(13)15/h1-5,8,17,19H,6-7,9-12H2. The van der Waals surface area contributed by atoms with E-state index < -0.39 is 5.60 Å². The van der Waals surface area contributed by atoms with Crippen molar-refractivity contribution in [2.75, 3.05) is 19.8 Å². The van der Waals surface area contributed by atoms with Crippen LogP contribution in [0.2, 0.25) is 0 Å². The third kappa shape index (κ3) is 2.98. The minimum absolute atomic E-state index is 0.604. The molecule has 0 bridgehead atoms. The van der Waals surface area contributed by atoms with E-state index in [-0.39, 0.29) is 0 Å². The van der Waals surface area contributed by atoms with Crippen LogP contribution in [0.5, 0.6) is 0 Å². The number of pyridine rings is 1. The van der Waals surface area contributed by atoms with Crippen molar-refractivity contribution in [3.05, 3.63) is 42.1 Å². The summed E-state index contributed by atoms with van der Waals surface area (Å²) in [6.45, 7) is 2.64. The number of hydrogen-bond donors (Lipinski definition) is 2. The molecule has 1 aliphatic rings. The Labute approximate surface area is 118 Å². The van der Waals surface area contributed by atoms with Crippen LogP contribution in [0, 0.1) is 0 Å². The molecule has 1 aliphatic heterocycles. The van der Waals surface area contributed by atoms with E-state index in [1.807, 2.05) is 30.5 Å². The molecule has 2 heterocycles. The predicted octanol–water partition coefficient (Wildman–Crippen LogP) is 1.87. The molecule has 4 nitrogen and oxygen atoms in total. The third-order valence-electron chi connectivity index (χ3n) is 3.93. The summed E-state index contributed by atoms with van der Waals surface area (Å²) in [6, 6.07) is 10.2. The summed E-state index contributed by atoms with van der Waals surface area (Å²) in [6.07, 6.45) is 3.25. The molecule has 2 N–H and O–H groups in total. The van der Waals surface area contributed by atoms with Gasteiger partial charge in [0.05, 0.1) is 11.1 Å². The molecule has 1 aromatic heterocycles. The minimum atomic E-state index is -0.624. The topological polar surface area (TPSA) is 54.4 Å². The second kappa shape index (κ2) is 5.87. The lowest BCUT2D eigenvalue weighted by Crippen LogP contribution is -2.44. The molecular formula is C16H20N2O2. The van der Waals surface area contributed by atoms with Crippen LogP contribution in [0.15, 0.2) is 36.5 Å². The summed E-state index contributed by atoms with van der Waals surface area (Å²) in [5.41, 5.74) is 1.60. The molecule has 0 amide bonds. The fourth-order valence-corrected chi connectivity index (χ4v) is 2.67. The third-order valence-corrected chi connectivity index (χ3v) is 3.93. The van der Waals surface area contributed by atoms with Crippen LogP contribution >= 0.6 is 0 Å². The van der Waals surface area contributed by atoms with Crippen LogP contribution in [-0.2, 0) is 11.3 Å². The van der Waals surface area contributed by atoms with Crippen LogP contribution in [0.4, 0.5) is 0 Å². The molecule has 1 aromatic carbocycles. The van der Waals surface area contributed by atoms with E-state index in [0.717, 1.165) is 12.1 Å². The SMILES string of the molecule is OC1(CNCc2ccnc3ccccc23)CCOCC1. The number of aromatic nitrogens is 1. The molecular weight excluding hydrogens is 252 g/mol. The second-order valence-corrected chi connectivity index (χ2v) is 5.43. The molecule has 4 heteroatoms. The number of nitrogens with one attached hydrogen (secondary N) is 1. The second-order valence-electron chi connectivity index (χ2n) is 5.43. The molecule has 0 spiro atoms. The van der Waals surface area contributed by atoms with Crippen molar-refractivity contribution >= 4 is 10.9 Å². The number of para-hydroxylation sites is 1. The quantitative estimate of drug-likeness (QED) is 0.892. The Kier molecular flexibility index (Phi) is 3.96. The van der Waals surface area contributed by atoms with Gasteiger partial charge in [0, 0.05) is 50.7 Å². The lowest BCUT2D eigenvalue weighted by Gasteiger charge is -2.32. The zero-order valence-corrected chi connectivity index (χ0v) is 11.5. The maximum absolute atomic E-state index is 10.4. The van der Waals surface area contributed by atoms with Crippen molar-refractivity contribution in [2.45, 2.75) is 25.0 Å². The number of aliphatic hydroxyl groups is 1. The number of hydrogen-bond acceptors (Lipinski definition) is 4. The van der Waals surface area contributed by atoms with Gasteiger partial charge in [0.2, 0.25) is 0 Å². The summed E-state index contributed by atoms with van der Waals surface area (Å²) in [7, 11) is 0. The molecule has 3 rings (SSSR count). The van der Waals surface area contributed by atoms with Gasteiger partial charge in [-0.15, -0.1) is 0 Å². The molecule has 20 heavy (non-hydrogen) atoms. The van der Waals surface area contributed by atoms with Gasteiger partial charge in [-0.25, -0.2) is 0 Å². The first kappa shape index (κ1) is 13.5. The number of benzene rings is 1. The number of rotatable bonds is 4. The van der Waals surface area contributed by atoms with Crippen molar-refractivity contribution in [1.29, 1.82) is 0 Å². The lowest BCUT2D eigenvalue weighted by atomic mass is 9.94. The Morgan fingerprint density at radius 1 is 1.20 bits per heavy atom.